The second kappa shape index (κ2) is 5.15. The maximum absolute atomic E-state index is 2.44. The molecule has 0 aliphatic rings. The molecule has 0 nitrogen and oxygen atoms in total. The molecular formula is C15H33B. The van der Waals surface area contributed by atoms with Crippen molar-refractivity contribution in [2.24, 2.45) is 28.6 Å². The summed E-state index contributed by atoms with van der Waals surface area (Å²) in [5.74, 6) is 3.10. The van der Waals surface area contributed by atoms with E-state index in [9.17, 15) is 0 Å². The largest absolute Gasteiger partial charge is 0.105 e. The zero-order valence-electron chi connectivity index (χ0n) is 13.3. The predicted molar refractivity (Wildman–Crippen MR) is 78.7 cm³/mol. The maximum Gasteiger partial charge on any atom is 0.105 e. The van der Waals surface area contributed by atoms with Crippen LogP contribution in [0.1, 0.15) is 62.3 Å². The summed E-state index contributed by atoms with van der Waals surface area (Å²) < 4.78 is 0. The smallest absolute Gasteiger partial charge is 0.0697 e. The van der Waals surface area contributed by atoms with Crippen LogP contribution in [0, 0.1) is 28.6 Å². The van der Waals surface area contributed by atoms with E-state index in [1.165, 1.54) is 0 Å². The van der Waals surface area contributed by atoms with Gasteiger partial charge < -0.3 is 0 Å². The van der Waals surface area contributed by atoms with Crippen molar-refractivity contribution in [3.63, 3.8) is 0 Å². The maximum atomic E-state index is 2.44. The molecule has 1 heteroatoms. The van der Waals surface area contributed by atoms with Crippen LogP contribution in [0.2, 0.25) is 5.82 Å². The third kappa shape index (κ3) is 4.15. The van der Waals surface area contributed by atoms with E-state index in [4.69, 9.17) is 0 Å². The zero-order valence-corrected chi connectivity index (χ0v) is 13.3. The fourth-order valence-corrected chi connectivity index (χ4v) is 2.95. The predicted octanol–water partition coefficient (Wildman–Crippen LogP) is 4.41. The van der Waals surface area contributed by atoms with Gasteiger partial charge in [0.1, 0.15) is 7.85 Å². The van der Waals surface area contributed by atoms with Crippen LogP contribution < -0.4 is 0 Å². The molecule has 0 aliphatic carbocycles. The average molecular weight is 224 g/mol. The Morgan fingerprint density at radius 1 is 0.750 bits per heavy atom. The first-order valence-corrected chi connectivity index (χ1v) is 6.89. The monoisotopic (exact) mass is 224 g/mol. The molecule has 0 aromatic rings. The molecule has 0 aromatic heterocycles. The molecule has 0 rings (SSSR count). The fraction of sp³-hybridized carbons (Fsp3) is 1.00. The zero-order chi connectivity index (χ0) is 13.3. The Balaban J connectivity index is 5.12. The quantitative estimate of drug-likeness (QED) is 0.623. The summed E-state index contributed by atoms with van der Waals surface area (Å²) in [7, 11) is 2.36. The SMILES string of the molecule is BC(C)C(C)C(C(C)C(C)(C)C)C(C)(C)C. The molecular weight excluding hydrogens is 191 g/mol. The van der Waals surface area contributed by atoms with Crippen LogP contribution in [0.3, 0.4) is 0 Å². The van der Waals surface area contributed by atoms with Gasteiger partial charge in [-0.1, -0.05) is 68.1 Å². The summed E-state index contributed by atoms with van der Waals surface area (Å²) in [5, 5.41) is 0. The van der Waals surface area contributed by atoms with Gasteiger partial charge in [0.2, 0.25) is 0 Å². The van der Waals surface area contributed by atoms with Gasteiger partial charge in [-0.05, 0) is 28.6 Å². The molecule has 96 valence electrons. The van der Waals surface area contributed by atoms with Gasteiger partial charge in [0.25, 0.3) is 0 Å². The summed E-state index contributed by atoms with van der Waals surface area (Å²) in [4.78, 5) is 0. The molecule has 4 unspecified atom stereocenters. The van der Waals surface area contributed by atoms with Crippen LogP contribution in [0.25, 0.3) is 0 Å². The fourth-order valence-electron chi connectivity index (χ4n) is 2.95. The van der Waals surface area contributed by atoms with E-state index in [1.807, 2.05) is 0 Å². The second-order valence-electron chi connectivity index (χ2n) is 8.15. The molecule has 0 N–H and O–H groups in total. The van der Waals surface area contributed by atoms with Crippen molar-refractivity contribution in [2.45, 2.75) is 68.1 Å². The van der Waals surface area contributed by atoms with Gasteiger partial charge in [-0.2, -0.15) is 0 Å². The lowest BCUT2D eigenvalue weighted by Gasteiger charge is -2.46. The molecule has 0 fully saturated rings. The Hall–Kier alpha value is 0.0649. The van der Waals surface area contributed by atoms with Gasteiger partial charge in [0.05, 0.1) is 0 Å². The topological polar surface area (TPSA) is 0 Å². The van der Waals surface area contributed by atoms with E-state index in [1.54, 1.807) is 0 Å². The molecule has 16 heavy (non-hydrogen) atoms. The molecule has 0 amide bonds. The van der Waals surface area contributed by atoms with Crippen molar-refractivity contribution in [3.05, 3.63) is 0 Å². The molecule has 0 saturated carbocycles. The second-order valence-corrected chi connectivity index (χ2v) is 8.15. The van der Waals surface area contributed by atoms with Crippen LogP contribution in [-0.2, 0) is 0 Å². The van der Waals surface area contributed by atoms with Gasteiger partial charge >= 0.3 is 0 Å². The van der Waals surface area contributed by atoms with Crippen molar-refractivity contribution >= 4 is 7.85 Å². The molecule has 0 bridgehead atoms. The average Bonchev–Trinajstić information content (AvgIpc) is 1.99. The lowest BCUT2D eigenvalue weighted by atomic mass is 9.56. The number of hydrogen-bond acceptors (Lipinski definition) is 0. The molecule has 0 spiro atoms. The van der Waals surface area contributed by atoms with Crippen molar-refractivity contribution < 1.29 is 0 Å². The minimum Gasteiger partial charge on any atom is -0.0697 e. The Kier molecular flexibility index (Phi) is 5.17. The number of hydrogen-bond donors (Lipinski definition) is 0. The van der Waals surface area contributed by atoms with Crippen LogP contribution in [0.5, 0.6) is 0 Å². The third-order valence-corrected chi connectivity index (χ3v) is 4.52. The van der Waals surface area contributed by atoms with Crippen molar-refractivity contribution in [1.29, 1.82) is 0 Å². The Morgan fingerprint density at radius 3 is 1.31 bits per heavy atom. The van der Waals surface area contributed by atoms with Crippen molar-refractivity contribution in [2.75, 3.05) is 0 Å². The first-order valence-electron chi connectivity index (χ1n) is 6.89. The van der Waals surface area contributed by atoms with Crippen molar-refractivity contribution in [1.82, 2.24) is 0 Å². The third-order valence-electron chi connectivity index (χ3n) is 4.52. The number of rotatable bonds is 3. The normalized spacial score (nSPS) is 21.3. The highest BCUT2D eigenvalue weighted by atomic mass is 14.4. The van der Waals surface area contributed by atoms with Gasteiger partial charge in [0.15, 0.2) is 0 Å². The summed E-state index contributed by atoms with van der Waals surface area (Å²) in [6.45, 7) is 21.6. The van der Waals surface area contributed by atoms with Crippen molar-refractivity contribution in [3.8, 4) is 0 Å². The summed E-state index contributed by atoms with van der Waals surface area (Å²) >= 11 is 0. The van der Waals surface area contributed by atoms with Crippen LogP contribution in [0.15, 0.2) is 0 Å². The molecule has 0 aromatic carbocycles. The van der Waals surface area contributed by atoms with Gasteiger partial charge in [0, 0.05) is 0 Å². The molecule has 0 heterocycles. The Bertz CT molecular complexity index is 204. The van der Waals surface area contributed by atoms with Crippen LogP contribution >= 0.6 is 0 Å². The highest BCUT2D eigenvalue weighted by molar-refractivity contribution is 6.11. The minimum atomic E-state index is 0.399. The minimum absolute atomic E-state index is 0.399. The highest BCUT2D eigenvalue weighted by Crippen LogP contribution is 2.47. The highest BCUT2D eigenvalue weighted by Gasteiger charge is 2.39. The molecule has 0 aliphatic heterocycles. The molecule has 4 atom stereocenters. The van der Waals surface area contributed by atoms with Gasteiger partial charge in [-0.25, -0.2) is 0 Å². The Morgan fingerprint density at radius 2 is 1.12 bits per heavy atom. The van der Waals surface area contributed by atoms with E-state index < -0.39 is 0 Å². The molecule has 0 radical (unpaired) electrons. The van der Waals surface area contributed by atoms with E-state index >= 15 is 0 Å². The summed E-state index contributed by atoms with van der Waals surface area (Å²) in [6, 6.07) is 0. The van der Waals surface area contributed by atoms with E-state index in [0.717, 1.165) is 23.6 Å². The van der Waals surface area contributed by atoms with Gasteiger partial charge in [-0.3, -0.25) is 0 Å². The standard InChI is InChI=1S/C15H33B/c1-10(12(3)16)13(15(7,8)9)11(2)14(4,5)6/h10-13H,16H2,1-9H3. The van der Waals surface area contributed by atoms with E-state index in [-0.39, 0.29) is 0 Å². The first-order chi connectivity index (χ1) is 6.89. The van der Waals surface area contributed by atoms with E-state index in [2.05, 4.69) is 70.2 Å². The summed E-state index contributed by atoms with van der Waals surface area (Å²) in [5.41, 5.74) is 0.803. The Labute approximate surface area is 105 Å². The molecule has 0 saturated heterocycles. The van der Waals surface area contributed by atoms with Crippen LogP contribution in [-0.4, -0.2) is 7.85 Å². The van der Waals surface area contributed by atoms with E-state index in [0.29, 0.717) is 10.8 Å². The van der Waals surface area contributed by atoms with Gasteiger partial charge in [-0.15, -0.1) is 0 Å². The van der Waals surface area contributed by atoms with Crippen LogP contribution in [0.4, 0.5) is 0 Å². The summed E-state index contributed by atoms with van der Waals surface area (Å²) in [6.07, 6.45) is 0. The first kappa shape index (κ1) is 16.1. The lowest BCUT2D eigenvalue weighted by Crippen LogP contribution is -2.39. The lowest BCUT2D eigenvalue weighted by molar-refractivity contribution is 0.0407.